The minimum absolute atomic E-state index is 0.280. The molecule has 0 aromatic carbocycles. The second kappa shape index (κ2) is 4.24. The number of aryl methyl sites for hydroxylation is 1. The van der Waals surface area contributed by atoms with Gasteiger partial charge in [-0.1, -0.05) is 0 Å². The van der Waals surface area contributed by atoms with Crippen LogP contribution in [0.3, 0.4) is 0 Å². The summed E-state index contributed by atoms with van der Waals surface area (Å²) in [6.45, 7) is 0.280. The van der Waals surface area contributed by atoms with E-state index in [4.69, 9.17) is 5.11 Å². The van der Waals surface area contributed by atoms with Gasteiger partial charge in [-0.15, -0.1) is 0 Å². The van der Waals surface area contributed by atoms with E-state index in [-0.39, 0.29) is 6.61 Å². The predicted octanol–water partition coefficient (Wildman–Crippen LogP) is 1.88. The van der Waals surface area contributed by atoms with Crippen LogP contribution in [-0.4, -0.2) is 21.7 Å². The summed E-state index contributed by atoms with van der Waals surface area (Å²) in [6.07, 6.45) is 6.54. The Balaban J connectivity index is 2.11. The molecule has 0 saturated carbocycles. The van der Waals surface area contributed by atoms with Gasteiger partial charge in [-0.3, -0.25) is 4.98 Å². The molecular formula is C11H14N2O. The smallest absolute Gasteiger partial charge is 0.0487 e. The molecule has 0 atom stereocenters. The molecule has 2 aromatic rings. The van der Waals surface area contributed by atoms with Crippen LogP contribution in [0, 0.1) is 0 Å². The molecule has 0 bridgehead atoms. The van der Waals surface area contributed by atoms with E-state index in [1.807, 2.05) is 12.3 Å². The first-order chi connectivity index (χ1) is 6.90. The van der Waals surface area contributed by atoms with Crippen LogP contribution in [0.15, 0.2) is 24.5 Å². The molecule has 2 aromatic heterocycles. The zero-order valence-corrected chi connectivity index (χ0v) is 8.03. The zero-order valence-electron chi connectivity index (χ0n) is 8.03. The van der Waals surface area contributed by atoms with Crippen molar-refractivity contribution < 1.29 is 5.11 Å². The second-order valence-electron chi connectivity index (χ2n) is 3.44. The maximum Gasteiger partial charge on any atom is 0.0487 e. The third-order valence-corrected chi connectivity index (χ3v) is 2.33. The molecule has 0 spiro atoms. The highest BCUT2D eigenvalue weighted by Crippen LogP contribution is 2.14. The van der Waals surface area contributed by atoms with Crippen LogP contribution in [0.4, 0.5) is 0 Å². The van der Waals surface area contributed by atoms with Gasteiger partial charge in [-0.05, 0) is 31.4 Å². The number of unbranched alkanes of at least 4 members (excludes halogenated alkanes) is 1. The fourth-order valence-electron chi connectivity index (χ4n) is 1.59. The number of hydrogen-bond acceptors (Lipinski definition) is 2. The lowest BCUT2D eigenvalue weighted by molar-refractivity contribution is 0.284. The lowest BCUT2D eigenvalue weighted by Crippen LogP contribution is -1.88. The van der Waals surface area contributed by atoms with Gasteiger partial charge in [-0.2, -0.15) is 0 Å². The number of fused-ring (bicyclic) bond motifs is 1. The topological polar surface area (TPSA) is 48.9 Å². The van der Waals surface area contributed by atoms with Crippen LogP contribution in [0.25, 0.3) is 10.9 Å². The Morgan fingerprint density at radius 1 is 1.36 bits per heavy atom. The highest BCUT2D eigenvalue weighted by Gasteiger charge is 1.99. The van der Waals surface area contributed by atoms with Crippen LogP contribution >= 0.6 is 0 Å². The molecule has 0 amide bonds. The molecule has 0 aliphatic rings. The molecule has 2 rings (SSSR count). The van der Waals surface area contributed by atoms with Crippen molar-refractivity contribution in [2.45, 2.75) is 19.3 Å². The lowest BCUT2D eigenvalue weighted by Gasteiger charge is -1.94. The van der Waals surface area contributed by atoms with Crippen molar-refractivity contribution in [3.8, 4) is 0 Å². The molecule has 2 heterocycles. The number of H-pyrrole nitrogens is 1. The summed E-state index contributed by atoms with van der Waals surface area (Å²) in [4.78, 5) is 7.40. The van der Waals surface area contributed by atoms with E-state index >= 15 is 0 Å². The summed E-state index contributed by atoms with van der Waals surface area (Å²) in [5.41, 5.74) is 2.36. The molecular weight excluding hydrogens is 176 g/mol. The molecule has 74 valence electrons. The molecule has 0 unspecified atom stereocenters. The van der Waals surface area contributed by atoms with Gasteiger partial charge in [0.1, 0.15) is 0 Å². The average Bonchev–Trinajstić information content (AvgIpc) is 2.60. The number of aliphatic hydroxyl groups is 1. The van der Waals surface area contributed by atoms with E-state index in [0.29, 0.717) is 0 Å². The van der Waals surface area contributed by atoms with Crippen LogP contribution in [-0.2, 0) is 6.42 Å². The third kappa shape index (κ3) is 1.93. The van der Waals surface area contributed by atoms with Crippen molar-refractivity contribution in [3.63, 3.8) is 0 Å². The molecule has 0 aliphatic carbocycles. The maximum absolute atomic E-state index is 8.66. The minimum atomic E-state index is 0.280. The van der Waals surface area contributed by atoms with Crippen LogP contribution in [0.5, 0.6) is 0 Å². The van der Waals surface area contributed by atoms with Crippen molar-refractivity contribution in [1.82, 2.24) is 9.97 Å². The second-order valence-corrected chi connectivity index (χ2v) is 3.44. The van der Waals surface area contributed by atoms with Gasteiger partial charge in [0, 0.05) is 35.6 Å². The van der Waals surface area contributed by atoms with Gasteiger partial charge in [-0.25, -0.2) is 0 Å². The van der Waals surface area contributed by atoms with Crippen molar-refractivity contribution in [1.29, 1.82) is 0 Å². The number of nitrogens with zero attached hydrogens (tertiary/aromatic N) is 1. The average molecular weight is 190 g/mol. The van der Waals surface area contributed by atoms with Crippen LogP contribution in [0.2, 0.25) is 0 Å². The summed E-state index contributed by atoms with van der Waals surface area (Å²) >= 11 is 0. The summed E-state index contributed by atoms with van der Waals surface area (Å²) in [6, 6.07) is 4.10. The lowest BCUT2D eigenvalue weighted by atomic mass is 10.2. The molecule has 3 nitrogen and oxygen atoms in total. The van der Waals surface area contributed by atoms with E-state index in [2.05, 4.69) is 16.0 Å². The maximum atomic E-state index is 8.66. The molecule has 14 heavy (non-hydrogen) atoms. The Kier molecular flexibility index (Phi) is 2.79. The number of aromatic nitrogens is 2. The molecule has 0 fully saturated rings. The van der Waals surface area contributed by atoms with Crippen molar-refractivity contribution >= 4 is 10.9 Å². The van der Waals surface area contributed by atoms with Crippen molar-refractivity contribution in [2.75, 3.05) is 6.61 Å². The number of pyridine rings is 1. The predicted molar refractivity (Wildman–Crippen MR) is 56.1 cm³/mol. The van der Waals surface area contributed by atoms with Crippen LogP contribution < -0.4 is 0 Å². The molecule has 0 saturated heterocycles. The minimum Gasteiger partial charge on any atom is -0.396 e. The van der Waals surface area contributed by atoms with Gasteiger partial charge in [0.2, 0.25) is 0 Å². The van der Waals surface area contributed by atoms with Gasteiger partial charge in [0.05, 0.1) is 0 Å². The number of hydrogen-bond donors (Lipinski definition) is 2. The Labute approximate surface area is 82.8 Å². The quantitative estimate of drug-likeness (QED) is 0.723. The van der Waals surface area contributed by atoms with Gasteiger partial charge >= 0.3 is 0 Å². The summed E-state index contributed by atoms with van der Waals surface area (Å²) in [7, 11) is 0. The van der Waals surface area contributed by atoms with E-state index in [1.165, 1.54) is 5.69 Å². The number of nitrogens with one attached hydrogen (secondary N) is 1. The largest absolute Gasteiger partial charge is 0.396 e. The molecule has 3 heteroatoms. The Morgan fingerprint density at radius 3 is 3.07 bits per heavy atom. The standard InChI is InChI=1S/C11H14N2O/c14-6-2-1-3-10-7-9-8-12-5-4-11(9)13-10/h4-5,7-8,13-14H,1-3,6H2. The number of rotatable bonds is 4. The Hall–Kier alpha value is -1.35. The van der Waals surface area contributed by atoms with E-state index < -0.39 is 0 Å². The summed E-state index contributed by atoms with van der Waals surface area (Å²) in [5, 5.41) is 9.82. The van der Waals surface area contributed by atoms with Gasteiger partial charge in [0.15, 0.2) is 0 Å². The summed E-state index contributed by atoms with van der Waals surface area (Å²) < 4.78 is 0. The van der Waals surface area contributed by atoms with E-state index in [0.717, 1.165) is 30.2 Å². The number of aliphatic hydroxyl groups excluding tert-OH is 1. The fraction of sp³-hybridized carbons (Fsp3) is 0.364. The zero-order chi connectivity index (χ0) is 9.80. The number of aromatic amines is 1. The van der Waals surface area contributed by atoms with E-state index in [1.54, 1.807) is 6.20 Å². The summed E-state index contributed by atoms with van der Waals surface area (Å²) in [5.74, 6) is 0. The van der Waals surface area contributed by atoms with Crippen molar-refractivity contribution in [2.24, 2.45) is 0 Å². The van der Waals surface area contributed by atoms with Gasteiger partial charge < -0.3 is 10.1 Å². The molecule has 0 radical (unpaired) electrons. The molecule has 2 N–H and O–H groups in total. The first kappa shape index (κ1) is 9.21. The highest BCUT2D eigenvalue weighted by molar-refractivity contribution is 5.79. The SMILES string of the molecule is OCCCCc1cc2cnccc2[nH]1. The Bertz CT molecular complexity index is 375. The highest BCUT2D eigenvalue weighted by atomic mass is 16.2. The first-order valence-corrected chi connectivity index (χ1v) is 4.92. The van der Waals surface area contributed by atoms with E-state index in [9.17, 15) is 0 Å². The van der Waals surface area contributed by atoms with Gasteiger partial charge in [0.25, 0.3) is 0 Å². The van der Waals surface area contributed by atoms with Crippen molar-refractivity contribution in [3.05, 3.63) is 30.2 Å². The fourth-order valence-corrected chi connectivity index (χ4v) is 1.59. The third-order valence-electron chi connectivity index (χ3n) is 2.33. The Morgan fingerprint density at radius 2 is 2.29 bits per heavy atom. The van der Waals surface area contributed by atoms with Crippen LogP contribution in [0.1, 0.15) is 18.5 Å². The monoisotopic (exact) mass is 190 g/mol. The molecule has 0 aliphatic heterocycles. The first-order valence-electron chi connectivity index (χ1n) is 4.92. The normalized spacial score (nSPS) is 10.9.